The van der Waals surface area contributed by atoms with Crippen LogP contribution in [-0.4, -0.2) is 0 Å². The molecule has 0 N–H and O–H groups in total. The van der Waals surface area contributed by atoms with Crippen LogP contribution in [-0.2, 0) is 0 Å². The second kappa shape index (κ2) is 5.19. The molecule has 1 rings (SSSR count). The molecule has 0 aromatic rings. The Labute approximate surface area is 90.5 Å². The molecule has 0 radical (unpaired) electrons. The summed E-state index contributed by atoms with van der Waals surface area (Å²) in [4.78, 5) is 0. The SMILES string of the molecule is CCC(C(C)C)C1CC(C)CCC1C. The summed E-state index contributed by atoms with van der Waals surface area (Å²) in [5.74, 6) is 4.79. The fourth-order valence-electron chi connectivity index (χ4n) is 3.44. The van der Waals surface area contributed by atoms with Crippen LogP contribution in [0.2, 0.25) is 0 Å². The standard InChI is InChI=1S/C14H28/c1-6-13(10(2)3)14-9-11(4)7-8-12(14)5/h10-14H,6-9H2,1-5H3. The zero-order valence-corrected chi connectivity index (χ0v) is 10.7. The summed E-state index contributed by atoms with van der Waals surface area (Å²) in [5.41, 5.74) is 0. The van der Waals surface area contributed by atoms with Gasteiger partial charge in [-0.3, -0.25) is 0 Å². The molecule has 0 aliphatic heterocycles. The predicted octanol–water partition coefficient (Wildman–Crippen LogP) is 4.74. The molecule has 84 valence electrons. The van der Waals surface area contributed by atoms with Crippen molar-refractivity contribution in [3.8, 4) is 0 Å². The highest BCUT2D eigenvalue weighted by atomic mass is 14.4. The predicted molar refractivity (Wildman–Crippen MR) is 64.3 cm³/mol. The van der Waals surface area contributed by atoms with E-state index in [-0.39, 0.29) is 0 Å². The van der Waals surface area contributed by atoms with Crippen molar-refractivity contribution in [1.82, 2.24) is 0 Å². The quantitative estimate of drug-likeness (QED) is 0.611. The van der Waals surface area contributed by atoms with E-state index in [1.807, 2.05) is 0 Å². The van der Waals surface area contributed by atoms with E-state index >= 15 is 0 Å². The summed E-state index contributed by atoms with van der Waals surface area (Å²) in [6.07, 6.45) is 5.79. The van der Waals surface area contributed by atoms with Crippen LogP contribution in [0.4, 0.5) is 0 Å². The summed E-state index contributed by atoms with van der Waals surface area (Å²) < 4.78 is 0. The van der Waals surface area contributed by atoms with E-state index < -0.39 is 0 Å². The Morgan fingerprint density at radius 3 is 2.29 bits per heavy atom. The third kappa shape index (κ3) is 2.74. The molecule has 0 saturated heterocycles. The molecule has 4 atom stereocenters. The van der Waals surface area contributed by atoms with Gasteiger partial charge in [-0.25, -0.2) is 0 Å². The van der Waals surface area contributed by atoms with E-state index in [0.29, 0.717) is 0 Å². The van der Waals surface area contributed by atoms with Gasteiger partial charge < -0.3 is 0 Å². The van der Waals surface area contributed by atoms with Crippen molar-refractivity contribution in [2.45, 2.75) is 60.3 Å². The van der Waals surface area contributed by atoms with Crippen LogP contribution in [0.1, 0.15) is 60.3 Å². The Bertz CT molecular complexity index is 159. The molecule has 0 nitrogen and oxygen atoms in total. The molecule has 0 heteroatoms. The lowest BCUT2D eigenvalue weighted by Gasteiger charge is -2.39. The second-order valence-electron chi connectivity index (χ2n) is 5.88. The Morgan fingerprint density at radius 2 is 1.79 bits per heavy atom. The Hall–Kier alpha value is 0. The van der Waals surface area contributed by atoms with Crippen LogP contribution in [0.5, 0.6) is 0 Å². The molecule has 0 amide bonds. The molecule has 1 fully saturated rings. The van der Waals surface area contributed by atoms with Gasteiger partial charge in [0.15, 0.2) is 0 Å². The fourth-order valence-corrected chi connectivity index (χ4v) is 3.44. The summed E-state index contributed by atoms with van der Waals surface area (Å²) in [7, 11) is 0. The zero-order valence-electron chi connectivity index (χ0n) is 10.7. The van der Waals surface area contributed by atoms with Crippen LogP contribution < -0.4 is 0 Å². The van der Waals surface area contributed by atoms with Gasteiger partial charge in [-0.1, -0.05) is 53.9 Å². The molecule has 4 unspecified atom stereocenters. The van der Waals surface area contributed by atoms with Crippen LogP contribution in [0.15, 0.2) is 0 Å². The van der Waals surface area contributed by atoms with Crippen LogP contribution in [0, 0.1) is 29.6 Å². The molecule has 1 saturated carbocycles. The van der Waals surface area contributed by atoms with Gasteiger partial charge in [0, 0.05) is 0 Å². The Morgan fingerprint density at radius 1 is 1.14 bits per heavy atom. The van der Waals surface area contributed by atoms with E-state index in [2.05, 4.69) is 34.6 Å². The molecule has 0 bridgehead atoms. The lowest BCUT2D eigenvalue weighted by Crippen LogP contribution is -2.30. The van der Waals surface area contributed by atoms with Crippen LogP contribution in [0.25, 0.3) is 0 Å². The van der Waals surface area contributed by atoms with Gasteiger partial charge in [0.2, 0.25) is 0 Å². The van der Waals surface area contributed by atoms with Gasteiger partial charge in [0.05, 0.1) is 0 Å². The van der Waals surface area contributed by atoms with Crippen molar-refractivity contribution in [2.24, 2.45) is 29.6 Å². The third-order valence-electron chi connectivity index (χ3n) is 4.40. The normalized spacial score (nSPS) is 36.0. The average Bonchev–Trinajstić information content (AvgIpc) is 2.11. The first-order chi connectivity index (χ1) is 6.56. The summed E-state index contributed by atoms with van der Waals surface area (Å²) >= 11 is 0. The summed E-state index contributed by atoms with van der Waals surface area (Å²) in [5, 5.41) is 0. The molecular weight excluding hydrogens is 168 g/mol. The number of rotatable bonds is 3. The van der Waals surface area contributed by atoms with E-state index in [1.54, 1.807) is 0 Å². The lowest BCUT2D eigenvalue weighted by molar-refractivity contribution is 0.106. The van der Waals surface area contributed by atoms with Gasteiger partial charge in [0.25, 0.3) is 0 Å². The second-order valence-corrected chi connectivity index (χ2v) is 5.88. The van der Waals surface area contributed by atoms with E-state index in [9.17, 15) is 0 Å². The number of hydrogen-bond acceptors (Lipinski definition) is 0. The van der Waals surface area contributed by atoms with Gasteiger partial charge in [-0.2, -0.15) is 0 Å². The number of hydrogen-bond donors (Lipinski definition) is 0. The van der Waals surface area contributed by atoms with Crippen molar-refractivity contribution in [1.29, 1.82) is 0 Å². The van der Waals surface area contributed by atoms with Crippen molar-refractivity contribution < 1.29 is 0 Å². The van der Waals surface area contributed by atoms with Crippen LogP contribution >= 0.6 is 0 Å². The minimum Gasteiger partial charge on any atom is -0.0651 e. The van der Waals surface area contributed by atoms with E-state index in [4.69, 9.17) is 0 Å². The Balaban J connectivity index is 2.62. The van der Waals surface area contributed by atoms with E-state index in [0.717, 1.165) is 29.6 Å². The first-order valence-corrected chi connectivity index (χ1v) is 6.56. The summed E-state index contributed by atoms with van der Waals surface area (Å²) in [6.45, 7) is 12.1. The van der Waals surface area contributed by atoms with Crippen molar-refractivity contribution in [3.63, 3.8) is 0 Å². The largest absolute Gasteiger partial charge is 0.0651 e. The smallest absolute Gasteiger partial charge is 0.0355 e. The lowest BCUT2D eigenvalue weighted by atomic mass is 9.66. The third-order valence-corrected chi connectivity index (χ3v) is 4.40. The van der Waals surface area contributed by atoms with Gasteiger partial charge >= 0.3 is 0 Å². The van der Waals surface area contributed by atoms with Gasteiger partial charge in [0.1, 0.15) is 0 Å². The molecule has 1 aliphatic rings. The molecule has 0 aromatic carbocycles. The minimum absolute atomic E-state index is 0.873. The highest BCUT2D eigenvalue weighted by molar-refractivity contribution is 4.82. The van der Waals surface area contributed by atoms with Crippen molar-refractivity contribution in [3.05, 3.63) is 0 Å². The van der Waals surface area contributed by atoms with Crippen LogP contribution in [0.3, 0.4) is 0 Å². The highest BCUT2D eigenvalue weighted by Crippen LogP contribution is 2.41. The fraction of sp³-hybridized carbons (Fsp3) is 1.00. The maximum Gasteiger partial charge on any atom is -0.0355 e. The topological polar surface area (TPSA) is 0 Å². The average molecular weight is 196 g/mol. The Kier molecular flexibility index (Phi) is 4.47. The molecular formula is C14H28. The maximum atomic E-state index is 2.47. The minimum atomic E-state index is 0.873. The molecule has 0 heterocycles. The maximum absolute atomic E-state index is 2.47. The van der Waals surface area contributed by atoms with Gasteiger partial charge in [-0.05, 0) is 36.0 Å². The molecule has 1 aliphatic carbocycles. The first kappa shape index (κ1) is 12.1. The monoisotopic (exact) mass is 196 g/mol. The first-order valence-electron chi connectivity index (χ1n) is 6.56. The van der Waals surface area contributed by atoms with Gasteiger partial charge in [-0.15, -0.1) is 0 Å². The molecule has 14 heavy (non-hydrogen) atoms. The zero-order chi connectivity index (χ0) is 10.7. The van der Waals surface area contributed by atoms with Crippen molar-refractivity contribution >= 4 is 0 Å². The van der Waals surface area contributed by atoms with Crippen molar-refractivity contribution in [2.75, 3.05) is 0 Å². The highest BCUT2D eigenvalue weighted by Gasteiger charge is 2.32. The molecule has 0 spiro atoms. The molecule has 0 aromatic heterocycles. The summed E-state index contributed by atoms with van der Waals surface area (Å²) in [6, 6.07) is 0. The van der Waals surface area contributed by atoms with E-state index in [1.165, 1.54) is 25.7 Å².